The summed E-state index contributed by atoms with van der Waals surface area (Å²) in [5.41, 5.74) is 0.306. The molecular weight excluding hydrogens is 481 g/mol. The van der Waals surface area contributed by atoms with E-state index < -0.39 is 44.6 Å². The molecule has 0 unspecified atom stereocenters. The molecule has 1 aliphatic heterocycles. The average Bonchev–Trinajstić information content (AvgIpc) is 3.46. The van der Waals surface area contributed by atoms with Crippen molar-refractivity contribution in [1.82, 2.24) is 19.7 Å². The lowest BCUT2D eigenvalue weighted by Gasteiger charge is -2.21. The minimum Gasteiger partial charge on any atom is -0.387 e. The van der Waals surface area contributed by atoms with E-state index in [4.69, 9.17) is 25.8 Å². The van der Waals surface area contributed by atoms with Gasteiger partial charge in [-0.3, -0.25) is 4.57 Å². The molecule has 1 saturated carbocycles. The van der Waals surface area contributed by atoms with Crippen LogP contribution in [0.25, 0.3) is 11.0 Å². The molecule has 15 heteroatoms. The van der Waals surface area contributed by atoms with E-state index in [9.17, 15) is 24.6 Å². The lowest BCUT2D eigenvalue weighted by Crippen LogP contribution is -2.35. The van der Waals surface area contributed by atoms with E-state index in [0.29, 0.717) is 16.9 Å². The Kier molecular flexibility index (Phi) is 7.53. The van der Waals surface area contributed by atoms with E-state index in [2.05, 4.69) is 20.4 Å². The first-order valence-electron chi connectivity index (χ1n) is 10.5. The summed E-state index contributed by atoms with van der Waals surface area (Å²) in [5.74, 6) is -1.00. The van der Waals surface area contributed by atoms with Gasteiger partial charge in [0.2, 0.25) is 5.28 Å². The maximum absolute atomic E-state index is 11.5. The Hall–Kier alpha value is -1.41. The molecule has 5 N–H and O–H groups in total. The second-order valence-electron chi connectivity index (χ2n) is 8.17. The summed E-state index contributed by atoms with van der Waals surface area (Å²) in [6.07, 6.45) is 0.821. The van der Waals surface area contributed by atoms with Crippen LogP contribution in [0, 0.1) is 0 Å². The fraction of sp³-hybridized carbons (Fsp3) is 0.722. The van der Waals surface area contributed by atoms with E-state index in [1.54, 1.807) is 0 Å². The zero-order valence-electron chi connectivity index (χ0n) is 17.8. The van der Waals surface area contributed by atoms with Gasteiger partial charge < -0.3 is 39.5 Å². The number of hydrogen-bond donors (Lipinski definition) is 5. The number of aromatic nitrogens is 4. The van der Waals surface area contributed by atoms with Crippen molar-refractivity contribution in [3.8, 4) is 0 Å². The number of ether oxygens (including phenoxy) is 3. The summed E-state index contributed by atoms with van der Waals surface area (Å²) in [7, 11) is -3.33. The van der Waals surface area contributed by atoms with Crippen molar-refractivity contribution in [2.75, 3.05) is 25.6 Å². The standard InChI is InChI=1S/C18H27ClN5O8P/c1-30-8-12(33(27,28)29)31-7-11-13(25)14(26)17(32-11)24-16-10(6-20-24)15(22-18(19)23-16)21-9-4-2-3-5-9/h6,9,11-14,17,25-26H,2-5,7-8H2,1H3,(H,21,22,23)(H2,27,28,29)/t11-,12-,13-,14-,17-/m1/s1. The van der Waals surface area contributed by atoms with Gasteiger partial charge in [-0.25, -0.2) is 4.68 Å². The Morgan fingerprint density at radius 1 is 1.30 bits per heavy atom. The number of halogens is 1. The van der Waals surface area contributed by atoms with Crippen molar-refractivity contribution in [3.05, 3.63) is 11.5 Å². The maximum atomic E-state index is 11.5. The quantitative estimate of drug-likeness (QED) is 0.236. The van der Waals surface area contributed by atoms with E-state index in [-0.39, 0.29) is 17.9 Å². The number of fused-ring (bicyclic) bond motifs is 1. The molecule has 2 fully saturated rings. The molecule has 1 aliphatic carbocycles. The van der Waals surface area contributed by atoms with Gasteiger partial charge in [-0.1, -0.05) is 12.8 Å². The highest BCUT2D eigenvalue weighted by Crippen LogP contribution is 2.42. The highest BCUT2D eigenvalue weighted by Gasteiger charge is 2.46. The maximum Gasteiger partial charge on any atom is 0.356 e. The topological polar surface area (TPSA) is 181 Å². The molecule has 13 nitrogen and oxygen atoms in total. The Bertz CT molecular complexity index is 1020. The van der Waals surface area contributed by atoms with Crippen molar-refractivity contribution >= 4 is 36.0 Å². The Balaban J connectivity index is 1.53. The van der Waals surface area contributed by atoms with Crippen LogP contribution in [-0.4, -0.2) is 90.3 Å². The second-order valence-corrected chi connectivity index (χ2v) is 10.3. The summed E-state index contributed by atoms with van der Waals surface area (Å²) in [6.45, 7) is -0.744. The smallest absolute Gasteiger partial charge is 0.356 e. The summed E-state index contributed by atoms with van der Waals surface area (Å²) >= 11 is 6.13. The number of anilines is 1. The molecule has 2 aromatic rings. The van der Waals surface area contributed by atoms with Crippen molar-refractivity contribution in [3.63, 3.8) is 0 Å². The van der Waals surface area contributed by atoms with Crippen LogP contribution in [0.1, 0.15) is 31.9 Å². The molecule has 1 saturated heterocycles. The Morgan fingerprint density at radius 2 is 2.03 bits per heavy atom. The monoisotopic (exact) mass is 507 g/mol. The first-order chi connectivity index (χ1) is 15.7. The van der Waals surface area contributed by atoms with Crippen LogP contribution in [0.4, 0.5) is 5.82 Å². The third-order valence-electron chi connectivity index (χ3n) is 5.84. The number of nitrogens with one attached hydrogen (secondary N) is 1. The molecule has 5 atom stereocenters. The van der Waals surface area contributed by atoms with Crippen molar-refractivity contribution in [2.24, 2.45) is 0 Å². The van der Waals surface area contributed by atoms with Crippen LogP contribution in [-0.2, 0) is 18.8 Å². The SMILES string of the molecule is COC[C@H](OC[C@H]1O[C@@H](n2ncc3c(NC4CCCC4)nc(Cl)nc32)[C@H](O)[C@@H]1O)P(=O)(O)O. The number of rotatable bonds is 9. The molecule has 2 aliphatic rings. The molecule has 3 heterocycles. The molecule has 0 bridgehead atoms. The molecule has 2 aromatic heterocycles. The normalized spacial score (nSPS) is 27.5. The van der Waals surface area contributed by atoms with Crippen molar-refractivity contribution in [1.29, 1.82) is 0 Å². The average molecular weight is 508 g/mol. The highest BCUT2D eigenvalue weighted by atomic mass is 35.5. The van der Waals surface area contributed by atoms with Crippen molar-refractivity contribution < 1.29 is 38.8 Å². The lowest BCUT2D eigenvalue weighted by atomic mass is 10.1. The Morgan fingerprint density at radius 3 is 2.70 bits per heavy atom. The first-order valence-corrected chi connectivity index (χ1v) is 12.6. The van der Waals surface area contributed by atoms with Crippen LogP contribution in [0.3, 0.4) is 0 Å². The van der Waals surface area contributed by atoms with Gasteiger partial charge in [-0.2, -0.15) is 15.1 Å². The van der Waals surface area contributed by atoms with Crippen LogP contribution < -0.4 is 5.32 Å². The third kappa shape index (κ3) is 5.31. The molecule has 0 amide bonds. The predicted octanol–water partition coefficient (Wildman–Crippen LogP) is 0.620. The van der Waals surface area contributed by atoms with Gasteiger partial charge in [0.15, 0.2) is 17.7 Å². The van der Waals surface area contributed by atoms with Crippen LogP contribution in [0.5, 0.6) is 0 Å². The minimum absolute atomic E-state index is 0.0123. The molecule has 0 aromatic carbocycles. The van der Waals surface area contributed by atoms with Gasteiger partial charge in [0.05, 0.1) is 24.8 Å². The summed E-state index contributed by atoms with van der Waals surface area (Å²) in [4.78, 5) is 27.3. The van der Waals surface area contributed by atoms with E-state index in [1.807, 2.05) is 0 Å². The van der Waals surface area contributed by atoms with Gasteiger partial charge in [0, 0.05) is 13.2 Å². The molecule has 33 heavy (non-hydrogen) atoms. The molecule has 4 rings (SSSR count). The minimum atomic E-state index is -4.61. The number of methoxy groups -OCH3 is 1. The molecular formula is C18H27ClN5O8P. The second kappa shape index (κ2) is 10.1. The van der Waals surface area contributed by atoms with E-state index in [1.165, 1.54) is 18.0 Å². The summed E-state index contributed by atoms with van der Waals surface area (Å²) in [6, 6.07) is 0.272. The molecule has 0 radical (unpaired) electrons. The van der Waals surface area contributed by atoms with Gasteiger partial charge in [-0.15, -0.1) is 0 Å². The van der Waals surface area contributed by atoms with Crippen LogP contribution >= 0.6 is 19.2 Å². The number of aliphatic hydroxyl groups excluding tert-OH is 2. The first kappa shape index (κ1) is 24.7. The number of aliphatic hydroxyl groups is 2. The fourth-order valence-corrected chi connectivity index (χ4v) is 4.91. The summed E-state index contributed by atoms with van der Waals surface area (Å²) < 4.78 is 28.6. The van der Waals surface area contributed by atoms with Gasteiger partial charge >= 0.3 is 7.60 Å². The third-order valence-corrected chi connectivity index (χ3v) is 7.06. The van der Waals surface area contributed by atoms with Gasteiger partial charge in [0.25, 0.3) is 0 Å². The predicted molar refractivity (Wildman–Crippen MR) is 116 cm³/mol. The van der Waals surface area contributed by atoms with Gasteiger partial charge in [-0.05, 0) is 24.4 Å². The van der Waals surface area contributed by atoms with Gasteiger partial charge in [0.1, 0.15) is 24.1 Å². The fourth-order valence-electron chi connectivity index (χ4n) is 4.12. The number of nitrogens with zero attached hydrogens (tertiary/aromatic N) is 4. The zero-order chi connectivity index (χ0) is 23.8. The molecule has 0 spiro atoms. The van der Waals surface area contributed by atoms with Crippen molar-refractivity contribution in [2.45, 2.75) is 62.1 Å². The van der Waals surface area contributed by atoms with E-state index >= 15 is 0 Å². The number of hydrogen-bond acceptors (Lipinski definition) is 10. The largest absolute Gasteiger partial charge is 0.387 e. The highest BCUT2D eigenvalue weighted by molar-refractivity contribution is 7.52. The van der Waals surface area contributed by atoms with E-state index in [0.717, 1.165) is 25.7 Å². The zero-order valence-corrected chi connectivity index (χ0v) is 19.5. The van der Waals surface area contributed by atoms with Crippen LogP contribution in [0.15, 0.2) is 6.20 Å². The molecule has 184 valence electrons. The lowest BCUT2D eigenvalue weighted by molar-refractivity contribution is -0.0826. The Labute approximate surface area is 194 Å². The van der Waals surface area contributed by atoms with Crippen LogP contribution in [0.2, 0.25) is 5.28 Å². The summed E-state index contributed by atoms with van der Waals surface area (Å²) in [5, 5.41) is 29.3.